The van der Waals surface area contributed by atoms with E-state index >= 15 is 0 Å². The number of Topliss-reactive ketones (excluding diaryl/α,β-unsaturated/α-hetero) is 2. The van der Waals surface area contributed by atoms with Gasteiger partial charge in [-0.2, -0.15) is 0 Å². The van der Waals surface area contributed by atoms with E-state index in [4.69, 9.17) is 9.47 Å². The number of unbranched alkanes of at least 4 members (excludes halogenated alkanes) is 1. The fraction of sp³-hybridized carbons (Fsp3) is 0.571. The van der Waals surface area contributed by atoms with Crippen molar-refractivity contribution >= 4 is 23.2 Å². The van der Waals surface area contributed by atoms with Crippen LogP contribution < -0.4 is 0 Å². The highest BCUT2D eigenvalue weighted by atomic mass is 16.6. The number of nitrogens with zero attached hydrogens (tertiary/aromatic N) is 1. The molecule has 0 aliphatic carbocycles. The van der Waals surface area contributed by atoms with Crippen LogP contribution in [-0.2, 0) is 23.9 Å². The van der Waals surface area contributed by atoms with Gasteiger partial charge in [-0.1, -0.05) is 32.4 Å². The number of benzene rings is 1. The van der Waals surface area contributed by atoms with E-state index in [0.717, 1.165) is 12.8 Å². The summed E-state index contributed by atoms with van der Waals surface area (Å²) in [7, 11) is 0. The van der Waals surface area contributed by atoms with Gasteiger partial charge in [0.1, 0.15) is 18.2 Å². The number of carbonyl (C=O) groups is 3. The van der Waals surface area contributed by atoms with Gasteiger partial charge in [-0.15, -0.1) is 0 Å². The van der Waals surface area contributed by atoms with E-state index in [1.165, 1.54) is 25.1 Å². The molecule has 1 aromatic rings. The predicted molar refractivity (Wildman–Crippen MR) is 107 cm³/mol. The summed E-state index contributed by atoms with van der Waals surface area (Å²) in [5.41, 5.74) is 0.174. The molecule has 0 saturated heterocycles. The van der Waals surface area contributed by atoms with Crippen molar-refractivity contribution in [3.05, 3.63) is 39.9 Å². The highest BCUT2D eigenvalue weighted by molar-refractivity contribution is 5.94. The van der Waals surface area contributed by atoms with Crippen molar-refractivity contribution in [2.75, 3.05) is 19.8 Å². The standard InChI is InChI=1S/C21H29NO7/c1-4-6-10-28-11-12-29-20(25)14-18(15(3)23)21(19(24)5-2)16-8-7-9-17(13-16)22(26)27/h7-9,13,18,21H,4-6,10-12,14H2,1-3H3. The minimum atomic E-state index is -0.946. The van der Waals surface area contributed by atoms with Gasteiger partial charge in [0.05, 0.1) is 23.9 Å². The zero-order valence-corrected chi connectivity index (χ0v) is 17.2. The third-order valence-electron chi connectivity index (χ3n) is 4.58. The van der Waals surface area contributed by atoms with Crippen molar-refractivity contribution in [1.82, 2.24) is 0 Å². The first-order chi connectivity index (χ1) is 13.8. The number of ketones is 2. The molecule has 8 nitrogen and oxygen atoms in total. The van der Waals surface area contributed by atoms with E-state index in [2.05, 4.69) is 0 Å². The molecule has 0 radical (unpaired) electrons. The molecule has 2 unspecified atom stereocenters. The molecule has 1 aromatic carbocycles. The van der Waals surface area contributed by atoms with Crippen LogP contribution in [0, 0.1) is 16.0 Å². The monoisotopic (exact) mass is 407 g/mol. The molecule has 0 N–H and O–H groups in total. The highest BCUT2D eigenvalue weighted by Crippen LogP contribution is 2.32. The Labute approximate surface area is 170 Å². The van der Waals surface area contributed by atoms with Crippen LogP contribution in [0.15, 0.2) is 24.3 Å². The van der Waals surface area contributed by atoms with E-state index < -0.39 is 22.7 Å². The first-order valence-corrected chi connectivity index (χ1v) is 9.82. The van der Waals surface area contributed by atoms with Gasteiger partial charge in [0.15, 0.2) is 0 Å². The van der Waals surface area contributed by atoms with Gasteiger partial charge in [-0.05, 0) is 18.9 Å². The minimum Gasteiger partial charge on any atom is -0.463 e. The maximum atomic E-state index is 12.6. The number of nitro groups is 1. The van der Waals surface area contributed by atoms with Crippen LogP contribution in [-0.4, -0.2) is 42.3 Å². The summed E-state index contributed by atoms with van der Waals surface area (Å²) in [4.78, 5) is 47.6. The summed E-state index contributed by atoms with van der Waals surface area (Å²) in [6, 6.07) is 5.62. The summed E-state index contributed by atoms with van der Waals surface area (Å²) in [5.74, 6) is -3.10. The molecule has 0 amide bonds. The Kier molecular flexibility index (Phi) is 10.8. The Morgan fingerprint density at radius 3 is 2.45 bits per heavy atom. The number of hydrogen-bond donors (Lipinski definition) is 0. The number of non-ortho nitro benzene ring substituents is 1. The Hall–Kier alpha value is -2.61. The topological polar surface area (TPSA) is 113 Å². The van der Waals surface area contributed by atoms with Crippen LogP contribution in [0.25, 0.3) is 0 Å². The molecular formula is C21H29NO7. The molecule has 0 fully saturated rings. The zero-order chi connectivity index (χ0) is 21.8. The summed E-state index contributed by atoms with van der Waals surface area (Å²) in [6.07, 6.45) is 1.79. The van der Waals surface area contributed by atoms with E-state index in [1.54, 1.807) is 13.0 Å². The molecular weight excluding hydrogens is 378 g/mol. The van der Waals surface area contributed by atoms with Crippen molar-refractivity contribution < 1.29 is 28.8 Å². The third kappa shape index (κ3) is 8.11. The largest absolute Gasteiger partial charge is 0.463 e. The van der Waals surface area contributed by atoms with Crippen LogP contribution in [0.2, 0.25) is 0 Å². The van der Waals surface area contributed by atoms with E-state index in [1.807, 2.05) is 6.92 Å². The van der Waals surface area contributed by atoms with Crippen molar-refractivity contribution in [2.45, 2.75) is 52.4 Å². The Bertz CT molecular complexity index is 717. The normalized spacial score (nSPS) is 12.8. The fourth-order valence-corrected chi connectivity index (χ4v) is 2.99. The molecule has 160 valence electrons. The van der Waals surface area contributed by atoms with Crippen molar-refractivity contribution in [3.8, 4) is 0 Å². The molecule has 2 atom stereocenters. The highest BCUT2D eigenvalue weighted by Gasteiger charge is 2.34. The number of esters is 1. The average molecular weight is 407 g/mol. The lowest BCUT2D eigenvalue weighted by Gasteiger charge is -2.23. The molecule has 0 heterocycles. The summed E-state index contributed by atoms with van der Waals surface area (Å²) < 4.78 is 10.5. The Morgan fingerprint density at radius 2 is 1.86 bits per heavy atom. The van der Waals surface area contributed by atoms with Crippen LogP contribution in [0.5, 0.6) is 0 Å². The summed E-state index contributed by atoms with van der Waals surface area (Å²) >= 11 is 0. The minimum absolute atomic E-state index is 0.0658. The molecule has 8 heteroatoms. The van der Waals surface area contributed by atoms with Gasteiger partial charge in [0.2, 0.25) is 0 Å². The molecule has 0 aliphatic rings. The first kappa shape index (κ1) is 24.4. The maximum Gasteiger partial charge on any atom is 0.306 e. The third-order valence-corrected chi connectivity index (χ3v) is 4.58. The Balaban J connectivity index is 2.91. The van der Waals surface area contributed by atoms with Gasteiger partial charge < -0.3 is 9.47 Å². The predicted octanol–water partition coefficient (Wildman–Crippen LogP) is 3.61. The summed E-state index contributed by atoms with van der Waals surface area (Å²) in [5, 5.41) is 11.1. The van der Waals surface area contributed by atoms with Crippen LogP contribution in [0.3, 0.4) is 0 Å². The Morgan fingerprint density at radius 1 is 1.14 bits per heavy atom. The van der Waals surface area contributed by atoms with Crippen molar-refractivity contribution in [3.63, 3.8) is 0 Å². The maximum absolute atomic E-state index is 12.6. The van der Waals surface area contributed by atoms with Gasteiger partial charge in [0.25, 0.3) is 5.69 Å². The lowest BCUT2D eigenvalue weighted by Crippen LogP contribution is -2.30. The van der Waals surface area contributed by atoms with Crippen LogP contribution >= 0.6 is 0 Å². The van der Waals surface area contributed by atoms with Gasteiger partial charge in [0, 0.05) is 31.1 Å². The second-order valence-electron chi connectivity index (χ2n) is 6.76. The molecule has 0 spiro atoms. The van der Waals surface area contributed by atoms with E-state index in [0.29, 0.717) is 12.2 Å². The smallest absolute Gasteiger partial charge is 0.306 e. The van der Waals surface area contributed by atoms with Crippen LogP contribution in [0.4, 0.5) is 5.69 Å². The second kappa shape index (κ2) is 12.8. The van der Waals surface area contributed by atoms with Gasteiger partial charge >= 0.3 is 5.97 Å². The quantitative estimate of drug-likeness (QED) is 0.200. The van der Waals surface area contributed by atoms with Crippen molar-refractivity contribution in [2.24, 2.45) is 5.92 Å². The number of hydrogen-bond acceptors (Lipinski definition) is 7. The van der Waals surface area contributed by atoms with Gasteiger partial charge in [-0.3, -0.25) is 24.5 Å². The lowest BCUT2D eigenvalue weighted by atomic mass is 9.78. The molecule has 0 saturated carbocycles. The number of rotatable bonds is 14. The first-order valence-electron chi connectivity index (χ1n) is 9.82. The zero-order valence-electron chi connectivity index (χ0n) is 17.2. The molecule has 1 rings (SSSR count). The second-order valence-corrected chi connectivity index (χ2v) is 6.76. The molecule has 0 bridgehead atoms. The van der Waals surface area contributed by atoms with Crippen LogP contribution in [0.1, 0.15) is 57.9 Å². The van der Waals surface area contributed by atoms with Gasteiger partial charge in [-0.25, -0.2) is 0 Å². The number of ether oxygens (including phenoxy) is 2. The molecule has 29 heavy (non-hydrogen) atoms. The number of nitro benzene ring substituents is 1. The average Bonchev–Trinajstić information content (AvgIpc) is 2.69. The number of carbonyl (C=O) groups excluding carboxylic acids is 3. The molecule has 0 aliphatic heterocycles. The van der Waals surface area contributed by atoms with E-state index in [9.17, 15) is 24.5 Å². The lowest BCUT2D eigenvalue weighted by molar-refractivity contribution is -0.384. The molecule has 0 aromatic heterocycles. The van der Waals surface area contributed by atoms with E-state index in [-0.39, 0.29) is 43.3 Å². The SMILES string of the molecule is CCCCOCCOC(=O)CC(C(C)=O)C(C(=O)CC)c1cccc([N+](=O)[O-])c1. The fourth-order valence-electron chi connectivity index (χ4n) is 2.99. The summed E-state index contributed by atoms with van der Waals surface area (Å²) in [6.45, 7) is 5.91. The van der Waals surface area contributed by atoms with Crippen molar-refractivity contribution in [1.29, 1.82) is 0 Å².